The van der Waals surface area contributed by atoms with E-state index >= 15 is 0 Å². The topological polar surface area (TPSA) is 72.5 Å². The number of benzene rings is 2. The fourth-order valence-electron chi connectivity index (χ4n) is 5.60. The van der Waals surface area contributed by atoms with Crippen LogP contribution in [0.5, 0.6) is 0 Å². The molecule has 2 aromatic carbocycles. The van der Waals surface area contributed by atoms with Crippen molar-refractivity contribution in [2.45, 2.75) is 50.7 Å². The van der Waals surface area contributed by atoms with Crippen LogP contribution in [0.3, 0.4) is 0 Å². The molecule has 2 aliphatic heterocycles. The molecular formula is C24H23NO4. The van der Waals surface area contributed by atoms with Crippen molar-refractivity contribution in [3.8, 4) is 0 Å². The van der Waals surface area contributed by atoms with E-state index in [0.717, 1.165) is 17.5 Å². The van der Waals surface area contributed by atoms with Gasteiger partial charge in [0.15, 0.2) is 11.6 Å². The number of Topliss-reactive ketones (excluding diaryl/α,β-unsaturated/α-hetero) is 2. The van der Waals surface area contributed by atoms with Crippen molar-refractivity contribution in [3.63, 3.8) is 0 Å². The lowest BCUT2D eigenvalue weighted by atomic mass is 9.58. The highest BCUT2D eigenvalue weighted by Gasteiger charge is 2.67. The summed E-state index contributed by atoms with van der Waals surface area (Å²) in [4.78, 5) is 38.0. The van der Waals surface area contributed by atoms with Crippen LogP contribution in [-0.2, 0) is 26.3 Å². The zero-order valence-electron chi connectivity index (χ0n) is 16.4. The number of fused-ring (bicyclic) bond motifs is 4. The SMILES string of the molecule is CC(=O)Nc1ccc2c(c1)C(=O)[C@]1(CC2)C[C@H]2O[C@]1(c1ccccc1)CCC2=O. The predicted molar refractivity (Wildman–Crippen MR) is 108 cm³/mol. The Labute approximate surface area is 169 Å². The number of hydrogen-bond donors (Lipinski definition) is 1. The zero-order valence-corrected chi connectivity index (χ0v) is 16.4. The van der Waals surface area contributed by atoms with Crippen LogP contribution in [0.2, 0.25) is 0 Å². The van der Waals surface area contributed by atoms with Crippen LogP contribution in [0.1, 0.15) is 54.1 Å². The van der Waals surface area contributed by atoms with Crippen molar-refractivity contribution >= 4 is 23.2 Å². The molecule has 2 aromatic rings. The first-order valence-corrected chi connectivity index (χ1v) is 10.2. The van der Waals surface area contributed by atoms with Crippen LogP contribution in [-0.4, -0.2) is 23.6 Å². The van der Waals surface area contributed by atoms with E-state index in [1.54, 1.807) is 6.07 Å². The molecule has 2 heterocycles. The number of nitrogens with one attached hydrogen (secondary N) is 1. The minimum atomic E-state index is -0.772. The molecule has 3 aliphatic rings. The van der Waals surface area contributed by atoms with Gasteiger partial charge in [0.2, 0.25) is 5.91 Å². The molecular weight excluding hydrogens is 366 g/mol. The standard InChI is InChI=1S/C24H23NO4/c1-15(26)25-18-8-7-16-9-11-23(22(28)19(16)13-18)14-21-20(27)10-12-24(23,29-21)17-5-3-2-4-6-17/h2-8,13,21H,9-12,14H2,1H3,(H,25,26)/t21-,23+,24+/m1/s1. The van der Waals surface area contributed by atoms with E-state index in [1.807, 2.05) is 42.5 Å². The Morgan fingerprint density at radius 3 is 2.62 bits per heavy atom. The Morgan fingerprint density at radius 2 is 1.86 bits per heavy atom. The van der Waals surface area contributed by atoms with Gasteiger partial charge in [-0.05, 0) is 48.9 Å². The van der Waals surface area contributed by atoms with Gasteiger partial charge >= 0.3 is 0 Å². The van der Waals surface area contributed by atoms with Crippen LogP contribution in [0.25, 0.3) is 0 Å². The molecule has 29 heavy (non-hydrogen) atoms. The maximum atomic E-state index is 14.0. The maximum absolute atomic E-state index is 14.0. The predicted octanol–water partition coefficient (Wildman–Crippen LogP) is 3.81. The number of carbonyl (C=O) groups excluding carboxylic acids is 3. The summed E-state index contributed by atoms with van der Waals surface area (Å²) < 4.78 is 6.42. The summed E-state index contributed by atoms with van der Waals surface area (Å²) in [6.07, 6.45) is 2.29. The number of hydrogen-bond acceptors (Lipinski definition) is 4. The van der Waals surface area contributed by atoms with Gasteiger partial charge in [0.05, 0.1) is 5.41 Å². The number of carbonyl (C=O) groups is 3. The second-order valence-electron chi connectivity index (χ2n) is 8.43. The van der Waals surface area contributed by atoms with Gasteiger partial charge in [-0.15, -0.1) is 0 Å². The van der Waals surface area contributed by atoms with Gasteiger partial charge in [-0.2, -0.15) is 0 Å². The first-order valence-electron chi connectivity index (χ1n) is 10.2. The number of ether oxygens (including phenoxy) is 1. The number of aryl methyl sites for hydroxylation is 1. The van der Waals surface area contributed by atoms with Crippen molar-refractivity contribution in [3.05, 3.63) is 65.2 Å². The summed E-state index contributed by atoms with van der Waals surface area (Å²) in [6, 6.07) is 15.4. The second kappa shape index (κ2) is 6.36. The minimum absolute atomic E-state index is 0.0343. The maximum Gasteiger partial charge on any atom is 0.221 e. The molecule has 1 amide bonds. The van der Waals surface area contributed by atoms with Gasteiger partial charge in [0, 0.05) is 24.6 Å². The third-order valence-electron chi connectivity index (χ3n) is 6.90. The number of anilines is 1. The molecule has 2 saturated heterocycles. The third kappa shape index (κ3) is 2.53. The first-order chi connectivity index (χ1) is 13.9. The Hall–Kier alpha value is -2.79. The van der Waals surface area contributed by atoms with Gasteiger partial charge in [0.25, 0.3) is 0 Å². The molecule has 3 atom stereocenters. The number of amides is 1. The van der Waals surface area contributed by atoms with E-state index in [2.05, 4.69) is 5.32 Å². The van der Waals surface area contributed by atoms with Gasteiger partial charge in [-0.1, -0.05) is 36.4 Å². The molecule has 0 unspecified atom stereocenters. The summed E-state index contributed by atoms with van der Waals surface area (Å²) in [6.45, 7) is 1.45. The molecule has 0 aromatic heterocycles. The van der Waals surface area contributed by atoms with Crippen molar-refractivity contribution in [2.24, 2.45) is 5.41 Å². The molecule has 148 valence electrons. The fourth-order valence-corrected chi connectivity index (χ4v) is 5.60. The second-order valence-corrected chi connectivity index (χ2v) is 8.43. The quantitative estimate of drug-likeness (QED) is 0.848. The lowest BCUT2D eigenvalue weighted by Crippen LogP contribution is -2.51. The van der Waals surface area contributed by atoms with Crippen LogP contribution >= 0.6 is 0 Å². The summed E-state index contributed by atoms with van der Waals surface area (Å²) in [5.41, 5.74) is 1.70. The zero-order chi connectivity index (χ0) is 20.2. The Morgan fingerprint density at radius 1 is 1.07 bits per heavy atom. The molecule has 2 bridgehead atoms. The average molecular weight is 389 g/mol. The third-order valence-corrected chi connectivity index (χ3v) is 6.90. The van der Waals surface area contributed by atoms with Crippen molar-refractivity contribution in [1.82, 2.24) is 0 Å². The lowest BCUT2D eigenvalue weighted by molar-refractivity contribution is -0.153. The van der Waals surface area contributed by atoms with E-state index in [4.69, 9.17) is 4.74 Å². The highest BCUT2D eigenvalue weighted by atomic mass is 16.5. The van der Waals surface area contributed by atoms with Crippen LogP contribution in [0.15, 0.2) is 48.5 Å². The monoisotopic (exact) mass is 389 g/mol. The molecule has 0 radical (unpaired) electrons. The van der Waals surface area contributed by atoms with E-state index < -0.39 is 17.1 Å². The average Bonchev–Trinajstić information content (AvgIpc) is 3.00. The normalized spacial score (nSPS) is 30.3. The van der Waals surface area contributed by atoms with E-state index in [0.29, 0.717) is 36.9 Å². The van der Waals surface area contributed by atoms with E-state index in [9.17, 15) is 14.4 Å². The molecule has 5 rings (SSSR count). The minimum Gasteiger partial charge on any atom is -0.358 e. The van der Waals surface area contributed by atoms with Gasteiger partial charge in [0.1, 0.15) is 11.7 Å². The van der Waals surface area contributed by atoms with Crippen LogP contribution < -0.4 is 5.32 Å². The van der Waals surface area contributed by atoms with Gasteiger partial charge in [-0.25, -0.2) is 0 Å². The number of ketones is 2. The Kier molecular flexibility index (Phi) is 4.00. The fraction of sp³-hybridized carbons (Fsp3) is 0.375. The molecule has 1 aliphatic carbocycles. The molecule has 2 fully saturated rings. The summed E-state index contributed by atoms with van der Waals surface area (Å²) in [5.74, 6) is -0.0413. The lowest BCUT2D eigenvalue weighted by Gasteiger charge is -2.47. The van der Waals surface area contributed by atoms with E-state index in [-0.39, 0.29) is 17.5 Å². The van der Waals surface area contributed by atoms with Crippen molar-refractivity contribution < 1.29 is 19.1 Å². The first kappa shape index (κ1) is 18.3. The number of rotatable bonds is 2. The van der Waals surface area contributed by atoms with Gasteiger partial charge in [-0.3, -0.25) is 14.4 Å². The molecule has 5 heteroatoms. The van der Waals surface area contributed by atoms with Crippen molar-refractivity contribution in [2.75, 3.05) is 5.32 Å². The molecule has 1 spiro atoms. The Bertz CT molecular complexity index is 1030. The van der Waals surface area contributed by atoms with Gasteiger partial charge < -0.3 is 10.1 Å². The molecule has 1 N–H and O–H groups in total. The highest BCUT2D eigenvalue weighted by molar-refractivity contribution is 6.06. The van der Waals surface area contributed by atoms with Crippen LogP contribution in [0.4, 0.5) is 5.69 Å². The van der Waals surface area contributed by atoms with Crippen LogP contribution in [0, 0.1) is 5.41 Å². The Balaban J connectivity index is 1.65. The molecule has 5 nitrogen and oxygen atoms in total. The largest absolute Gasteiger partial charge is 0.358 e. The highest BCUT2D eigenvalue weighted by Crippen LogP contribution is 2.62. The van der Waals surface area contributed by atoms with E-state index in [1.165, 1.54) is 6.92 Å². The van der Waals surface area contributed by atoms with Crippen molar-refractivity contribution in [1.29, 1.82) is 0 Å². The summed E-state index contributed by atoms with van der Waals surface area (Å²) in [5, 5.41) is 2.77. The molecule has 0 saturated carbocycles. The summed E-state index contributed by atoms with van der Waals surface area (Å²) in [7, 11) is 0. The smallest absolute Gasteiger partial charge is 0.221 e. The summed E-state index contributed by atoms with van der Waals surface area (Å²) >= 11 is 0.